The van der Waals surface area contributed by atoms with E-state index in [1.165, 1.54) is 0 Å². The standard InChI is InChI=1S/C19H27N3O3.ClH/c1-24-15-10-17-16(18(11-15)25-2)9-14(22-17)4-3-7-21-19(23)12-5-6-13(20)8-12;/h9-13,22H,3-8,20H2,1-2H3,(H,21,23);1H. The lowest BCUT2D eigenvalue weighted by Crippen LogP contribution is -2.31. The Kier molecular flexibility index (Phi) is 7.17. The summed E-state index contributed by atoms with van der Waals surface area (Å²) in [6, 6.07) is 6.14. The Morgan fingerprint density at radius 2 is 2.08 bits per heavy atom. The van der Waals surface area contributed by atoms with Gasteiger partial charge in [0.1, 0.15) is 11.5 Å². The highest BCUT2D eigenvalue weighted by Crippen LogP contribution is 2.31. The van der Waals surface area contributed by atoms with Crippen LogP contribution in [0.1, 0.15) is 31.4 Å². The molecule has 0 bridgehead atoms. The molecule has 144 valence electrons. The van der Waals surface area contributed by atoms with Crippen LogP contribution in [0.25, 0.3) is 10.9 Å². The number of amides is 1. The molecular weight excluding hydrogens is 354 g/mol. The van der Waals surface area contributed by atoms with Gasteiger partial charge in [-0.05, 0) is 38.2 Å². The highest BCUT2D eigenvalue weighted by molar-refractivity contribution is 5.88. The van der Waals surface area contributed by atoms with Crippen LogP contribution in [0.2, 0.25) is 0 Å². The molecule has 0 spiro atoms. The second-order valence-electron chi connectivity index (χ2n) is 6.75. The minimum atomic E-state index is 0. The van der Waals surface area contributed by atoms with Gasteiger partial charge in [0.2, 0.25) is 5.91 Å². The number of aromatic nitrogens is 1. The summed E-state index contributed by atoms with van der Waals surface area (Å²) in [6.07, 6.45) is 4.44. The monoisotopic (exact) mass is 381 g/mol. The Morgan fingerprint density at radius 3 is 2.73 bits per heavy atom. The molecule has 2 unspecified atom stereocenters. The fourth-order valence-electron chi connectivity index (χ4n) is 3.55. The summed E-state index contributed by atoms with van der Waals surface area (Å²) in [5, 5.41) is 4.08. The van der Waals surface area contributed by atoms with Crippen LogP contribution in [0, 0.1) is 5.92 Å². The zero-order valence-electron chi connectivity index (χ0n) is 15.3. The Balaban J connectivity index is 0.00000243. The van der Waals surface area contributed by atoms with Crippen molar-refractivity contribution in [3.05, 3.63) is 23.9 Å². The SMILES string of the molecule is COc1cc(OC)c2cc(CCCNC(=O)C3CCC(N)C3)[nH]c2c1.Cl. The van der Waals surface area contributed by atoms with Gasteiger partial charge in [0.15, 0.2) is 0 Å². The van der Waals surface area contributed by atoms with Crippen molar-refractivity contribution in [2.45, 2.75) is 38.1 Å². The maximum Gasteiger partial charge on any atom is 0.223 e. The normalized spacial score (nSPS) is 19.2. The van der Waals surface area contributed by atoms with Gasteiger partial charge in [0, 0.05) is 41.7 Å². The number of H-pyrrole nitrogens is 1. The van der Waals surface area contributed by atoms with Crippen molar-refractivity contribution in [3.63, 3.8) is 0 Å². The molecule has 1 saturated carbocycles. The fourth-order valence-corrected chi connectivity index (χ4v) is 3.55. The first-order valence-corrected chi connectivity index (χ1v) is 8.87. The third-order valence-corrected chi connectivity index (χ3v) is 4.95. The highest BCUT2D eigenvalue weighted by Gasteiger charge is 2.27. The van der Waals surface area contributed by atoms with Crippen LogP contribution < -0.4 is 20.5 Å². The molecule has 0 saturated heterocycles. The molecule has 0 aliphatic heterocycles. The summed E-state index contributed by atoms with van der Waals surface area (Å²) in [4.78, 5) is 15.5. The first-order valence-electron chi connectivity index (χ1n) is 8.87. The van der Waals surface area contributed by atoms with Crippen LogP contribution in [0.5, 0.6) is 11.5 Å². The van der Waals surface area contributed by atoms with Crippen LogP contribution in [0.3, 0.4) is 0 Å². The molecule has 4 N–H and O–H groups in total. The second kappa shape index (κ2) is 9.14. The van der Waals surface area contributed by atoms with Crippen LogP contribution in [-0.2, 0) is 11.2 Å². The third kappa shape index (κ3) is 4.62. The number of ether oxygens (including phenoxy) is 2. The number of benzene rings is 1. The number of fused-ring (bicyclic) bond motifs is 1. The quantitative estimate of drug-likeness (QED) is 0.643. The predicted octanol–water partition coefficient (Wildman–Crippen LogP) is 2.78. The van der Waals surface area contributed by atoms with Crippen molar-refractivity contribution in [2.24, 2.45) is 11.7 Å². The predicted molar refractivity (Wildman–Crippen MR) is 105 cm³/mol. The lowest BCUT2D eigenvalue weighted by Gasteiger charge is -2.10. The van der Waals surface area contributed by atoms with Crippen LogP contribution >= 0.6 is 12.4 Å². The summed E-state index contributed by atoms with van der Waals surface area (Å²) in [5.41, 5.74) is 7.99. The van der Waals surface area contributed by atoms with Crippen LogP contribution in [0.4, 0.5) is 0 Å². The average Bonchev–Trinajstić information content (AvgIpc) is 3.23. The largest absolute Gasteiger partial charge is 0.497 e. The molecule has 1 aromatic carbocycles. The molecule has 1 heterocycles. The van der Waals surface area contributed by atoms with Gasteiger partial charge in [-0.15, -0.1) is 12.4 Å². The highest BCUT2D eigenvalue weighted by atomic mass is 35.5. The van der Waals surface area contributed by atoms with E-state index in [1.54, 1.807) is 14.2 Å². The van der Waals surface area contributed by atoms with Crippen molar-refractivity contribution in [3.8, 4) is 11.5 Å². The Labute approximate surface area is 160 Å². The van der Waals surface area contributed by atoms with E-state index in [-0.39, 0.29) is 30.3 Å². The number of hydrogen-bond acceptors (Lipinski definition) is 4. The molecule has 3 rings (SSSR count). The summed E-state index contributed by atoms with van der Waals surface area (Å²) in [7, 11) is 3.30. The minimum absolute atomic E-state index is 0. The number of rotatable bonds is 7. The second-order valence-corrected chi connectivity index (χ2v) is 6.75. The van der Waals surface area contributed by atoms with E-state index in [1.807, 2.05) is 12.1 Å². The Morgan fingerprint density at radius 1 is 1.27 bits per heavy atom. The minimum Gasteiger partial charge on any atom is -0.497 e. The molecule has 7 heteroatoms. The summed E-state index contributed by atoms with van der Waals surface area (Å²) in [5.74, 6) is 1.80. The number of halogens is 1. The van der Waals surface area contributed by atoms with E-state index >= 15 is 0 Å². The number of hydrogen-bond donors (Lipinski definition) is 3. The van der Waals surface area contributed by atoms with E-state index < -0.39 is 0 Å². The number of aromatic amines is 1. The molecule has 0 radical (unpaired) electrons. The Bertz CT molecular complexity index is 747. The van der Waals surface area contributed by atoms with Gasteiger partial charge in [-0.2, -0.15) is 0 Å². The number of nitrogens with two attached hydrogens (primary N) is 1. The maximum absolute atomic E-state index is 12.1. The van der Waals surface area contributed by atoms with E-state index in [2.05, 4.69) is 16.4 Å². The smallest absolute Gasteiger partial charge is 0.223 e. The molecule has 1 aromatic heterocycles. The van der Waals surface area contributed by atoms with Gasteiger partial charge < -0.3 is 25.5 Å². The van der Waals surface area contributed by atoms with Crippen molar-refractivity contribution < 1.29 is 14.3 Å². The molecular formula is C19H28ClN3O3. The van der Waals surface area contributed by atoms with Crippen LogP contribution in [0.15, 0.2) is 18.2 Å². The Hall–Kier alpha value is -1.92. The van der Waals surface area contributed by atoms with Gasteiger partial charge in [0.25, 0.3) is 0 Å². The molecule has 6 nitrogen and oxygen atoms in total. The van der Waals surface area contributed by atoms with Gasteiger partial charge >= 0.3 is 0 Å². The van der Waals surface area contributed by atoms with Crippen molar-refractivity contribution >= 4 is 29.2 Å². The third-order valence-electron chi connectivity index (χ3n) is 4.95. The fraction of sp³-hybridized carbons (Fsp3) is 0.526. The first kappa shape index (κ1) is 20.4. The number of methoxy groups -OCH3 is 2. The lowest BCUT2D eigenvalue weighted by molar-refractivity contribution is -0.124. The van der Waals surface area contributed by atoms with Gasteiger partial charge in [-0.1, -0.05) is 0 Å². The molecule has 2 atom stereocenters. The topological polar surface area (TPSA) is 89.4 Å². The number of nitrogens with one attached hydrogen (secondary N) is 2. The molecule has 1 fully saturated rings. The summed E-state index contributed by atoms with van der Waals surface area (Å²) in [6.45, 7) is 0.681. The van der Waals surface area contributed by atoms with E-state index in [4.69, 9.17) is 15.2 Å². The van der Waals surface area contributed by atoms with Crippen molar-refractivity contribution in [2.75, 3.05) is 20.8 Å². The zero-order valence-corrected chi connectivity index (χ0v) is 16.2. The van der Waals surface area contributed by atoms with E-state index in [9.17, 15) is 4.79 Å². The van der Waals surface area contributed by atoms with Gasteiger partial charge in [0.05, 0.1) is 19.7 Å². The summed E-state index contributed by atoms with van der Waals surface area (Å²) < 4.78 is 10.7. The average molecular weight is 382 g/mol. The maximum atomic E-state index is 12.1. The lowest BCUT2D eigenvalue weighted by atomic mass is 10.1. The van der Waals surface area contributed by atoms with E-state index in [0.717, 1.165) is 60.2 Å². The van der Waals surface area contributed by atoms with Crippen LogP contribution in [-0.4, -0.2) is 37.7 Å². The molecule has 1 aliphatic rings. The zero-order chi connectivity index (χ0) is 17.8. The number of carbonyl (C=O) groups excluding carboxylic acids is 1. The molecule has 1 aliphatic carbocycles. The number of carbonyl (C=O) groups is 1. The first-order chi connectivity index (χ1) is 12.1. The molecule has 2 aromatic rings. The van der Waals surface area contributed by atoms with Gasteiger partial charge in [-0.25, -0.2) is 0 Å². The summed E-state index contributed by atoms with van der Waals surface area (Å²) >= 11 is 0. The molecule has 1 amide bonds. The van der Waals surface area contributed by atoms with E-state index in [0.29, 0.717) is 6.54 Å². The molecule has 26 heavy (non-hydrogen) atoms. The number of aryl methyl sites for hydroxylation is 1. The van der Waals surface area contributed by atoms with Crippen molar-refractivity contribution in [1.29, 1.82) is 0 Å². The van der Waals surface area contributed by atoms with Crippen molar-refractivity contribution in [1.82, 2.24) is 10.3 Å². The van der Waals surface area contributed by atoms with Gasteiger partial charge in [-0.3, -0.25) is 4.79 Å².